The molecule has 3 heterocycles. The maximum Gasteiger partial charge on any atom is 0.231 e. The number of fused-ring (bicyclic) bond motifs is 2. The van der Waals surface area contributed by atoms with E-state index in [1.807, 2.05) is 6.07 Å². The minimum atomic E-state index is -1.55. The van der Waals surface area contributed by atoms with Crippen LogP contribution in [0.1, 0.15) is 48.3 Å². The van der Waals surface area contributed by atoms with Gasteiger partial charge in [-0.25, -0.2) is 9.37 Å². The molecular weight excluding hydrogens is 487 g/mol. The van der Waals surface area contributed by atoms with Crippen LogP contribution < -0.4 is 16.2 Å². The first-order valence-corrected chi connectivity index (χ1v) is 12.1. The molecule has 0 saturated heterocycles. The fraction of sp³-hybridized carbons (Fsp3) is 0.241. The third kappa shape index (κ3) is 4.35. The van der Waals surface area contributed by atoms with Crippen LogP contribution in [0.5, 0.6) is 5.75 Å². The molecule has 2 aromatic heterocycles. The normalized spacial score (nSPS) is 18.0. The molecule has 0 aliphatic carbocycles. The van der Waals surface area contributed by atoms with Crippen molar-refractivity contribution in [3.63, 3.8) is 0 Å². The van der Waals surface area contributed by atoms with Gasteiger partial charge in [0.25, 0.3) is 0 Å². The second-order valence-electron chi connectivity index (χ2n) is 10.1. The molecule has 0 radical (unpaired) electrons. The largest absolute Gasteiger partial charge is 0.489 e. The second kappa shape index (κ2) is 9.18. The summed E-state index contributed by atoms with van der Waals surface area (Å²) in [6.45, 7) is 3.23. The second-order valence-corrected chi connectivity index (χ2v) is 10.1. The highest BCUT2D eigenvalue weighted by Gasteiger charge is 2.45. The molecule has 1 amide bonds. The van der Waals surface area contributed by atoms with E-state index in [0.717, 1.165) is 5.39 Å². The molecule has 38 heavy (non-hydrogen) atoms. The van der Waals surface area contributed by atoms with Gasteiger partial charge in [-0.3, -0.25) is 14.6 Å². The lowest BCUT2D eigenvalue weighted by molar-refractivity contribution is -0.123. The fourth-order valence-electron chi connectivity index (χ4n) is 4.68. The van der Waals surface area contributed by atoms with Crippen LogP contribution in [0, 0.1) is 5.82 Å². The van der Waals surface area contributed by atoms with Crippen molar-refractivity contribution in [2.45, 2.75) is 37.7 Å². The number of benzene rings is 2. The SMILES string of the molecule is C[C@](O)(CCC(=O)c1cc(N)c2ncccc2c1)c1cc2c(c(-c3ccc(F)cc3)n1)OC[C@]2(C)C(N)=O. The number of rotatable bonds is 7. The van der Waals surface area contributed by atoms with E-state index >= 15 is 0 Å². The number of hydrogen-bond donors (Lipinski definition) is 3. The molecule has 0 unspecified atom stereocenters. The molecule has 194 valence electrons. The van der Waals surface area contributed by atoms with Gasteiger partial charge in [0.15, 0.2) is 5.78 Å². The Bertz CT molecular complexity index is 1590. The Hall–Kier alpha value is -4.37. The first-order chi connectivity index (χ1) is 18.0. The Balaban J connectivity index is 1.49. The quantitative estimate of drug-likeness (QED) is 0.250. The van der Waals surface area contributed by atoms with Crippen LogP contribution in [0.15, 0.2) is 60.8 Å². The number of primary amides is 1. The van der Waals surface area contributed by atoms with Crippen molar-refractivity contribution in [2.75, 3.05) is 12.3 Å². The molecule has 2 aromatic carbocycles. The van der Waals surface area contributed by atoms with Gasteiger partial charge in [-0.15, -0.1) is 0 Å². The monoisotopic (exact) mass is 514 g/mol. The highest BCUT2D eigenvalue weighted by molar-refractivity contribution is 6.02. The Morgan fingerprint density at radius 3 is 2.63 bits per heavy atom. The van der Waals surface area contributed by atoms with Crippen molar-refractivity contribution in [2.24, 2.45) is 5.73 Å². The van der Waals surface area contributed by atoms with E-state index in [2.05, 4.69) is 9.97 Å². The van der Waals surface area contributed by atoms with Crippen LogP contribution in [0.3, 0.4) is 0 Å². The van der Waals surface area contributed by atoms with Crippen molar-refractivity contribution >= 4 is 28.3 Å². The average Bonchev–Trinajstić information content (AvgIpc) is 3.25. The van der Waals surface area contributed by atoms with Crippen molar-refractivity contribution in [3.05, 3.63) is 83.4 Å². The predicted molar refractivity (Wildman–Crippen MR) is 141 cm³/mol. The average molecular weight is 515 g/mol. The first kappa shape index (κ1) is 25.3. The van der Waals surface area contributed by atoms with Gasteiger partial charge in [0, 0.05) is 34.7 Å². The Morgan fingerprint density at radius 2 is 1.92 bits per heavy atom. The van der Waals surface area contributed by atoms with Crippen LogP contribution in [0.4, 0.5) is 10.1 Å². The van der Waals surface area contributed by atoms with Crippen LogP contribution >= 0.6 is 0 Å². The highest BCUT2D eigenvalue weighted by Crippen LogP contribution is 2.46. The predicted octanol–water partition coefficient (Wildman–Crippen LogP) is 4.02. The maximum absolute atomic E-state index is 13.6. The van der Waals surface area contributed by atoms with Gasteiger partial charge in [-0.05, 0) is 68.8 Å². The first-order valence-electron chi connectivity index (χ1n) is 12.1. The summed E-state index contributed by atoms with van der Waals surface area (Å²) in [7, 11) is 0. The van der Waals surface area contributed by atoms with Crippen LogP contribution in [0.2, 0.25) is 0 Å². The lowest BCUT2D eigenvalue weighted by atomic mass is 9.81. The molecule has 0 fully saturated rings. The van der Waals surface area contributed by atoms with Crippen molar-refractivity contribution < 1.29 is 23.8 Å². The number of amides is 1. The summed E-state index contributed by atoms with van der Waals surface area (Å²) in [5.41, 5.74) is 12.2. The zero-order valence-electron chi connectivity index (χ0n) is 21.0. The van der Waals surface area contributed by atoms with Gasteiger partial charge >= 0.3 is 0 Å². The van der Waals surface area contributed by atoms with Crippen LogP contribution in [-0.2, 0) is 15.8 Å². The van der Waals surface area contributed by atoms with Crippen molar-refractivity contribution in [1.82, 2.24) is 9.97 Å². The highest BCUT2D eigenvalue weighted by atomic mass is 19.1. The number of nitrogens with zero attached hydrogens (tertiary/aromatic N) is 2. The number of ketones is 1. The lowest BCUT2D eigenvalue weighted by Crippen LogP contribution is -2.40. The van der Waals surface area contributed by atoms with Crippen molar-refractivity contribution in [3.8, 4) is 17.0 Å². The fourth-order valence-corrected chi connectivity index (χ4v) is 4.68. The van der Waals surface area contributed by atoms with E-state index in [1.54, 1.807) is 56.4 Å². The maximum atomic E-state index is 13.6. The number of aromatic nitrogens is 2. The third-order valence-electron chi connectivity index (χ3n) is 7.18. The lowest BCUT2D eigenvalue weighted by Gasteiger charge is -2.26. The Kier molecular flexibility index (Phi) is 6.11. The number of halogens is 1. The summed E-state index contributed by atoms with van der Waals surface area (Å²) < 4.78 is 19.5. The third-order valence-corrected chi connectivity index (χ3v) is 7.18. The number of hydrogen-bond acceptors (Lipinski definition) is 7. The van der Waals surface area contributed by atoms with Gasteiger partial charge < -0.3 is 21.3 Å². The number of ether oxygens (including phenoxy) is 1. The molecule has 5 rings (SSSR count). The Morgan fingerprint density at radius 1 is 1.18 bits per heavy atom. The van der Waals surface area contributed by atoms with E-state index in [9.17, 15) is 19.1 Å². The number of pyridine rings is 2. The van der Waals surface area contributed by atoms with Crippen LogP contribution in [-0.4, -0.2) is 33.4 Å². The van der Waals surface area contributed by atoms with Gasteiger partial charge in [0.1, 0.15) is 34.9 Å². The van der Waals surface area contributed by atoms with Gasteiger partial charge in [0.2, 0.25) is 5.91 Å². The van der Waals surface area contributed by atoms with E-state index < -0.39 is 22.7 Å². The van der Waals surface area contributed by atoms with Gasteiger partial charge in [-0.1, -0.05) is 6.07 Å². The molecule has 1 aliphatic rings. The number of nitrogen functional groups attached to an aromatic ring is 1. The van der Waals surface area contributed by atoms with Gasteiger partial charge in [-0.2, -0.15) is 0 Å². The molecule has 9 heteroatoms. The summed E-state index contributed by atoms with van der Waals surface area (Å²) in [5.74, 6) is -0.849. The molecule has 0 bridgehead atoms. The Labute approximate surface area is 218 Å². The number of carbonyl (C=O) groups is 2. The molecule has 5 N–H and O–H groups in total. The molecule has 0 saturated carbocycles. The molecule has 1 aliphatic heterocycles. The summed E-state index contributed by atoms with van der Waals surface area (Å²) in [4.78, 5) is 34.4. The van der Waals surface area contributed by atoms with Crippen LogP contribution in [0.25, 0.3) is 22.2 Å². The minimum absolute atomic E-state index is 0.00639. The van der Waals surface area contributed by atoms with Gasteiger partial charge in [0.05, 0.1) is 16.9 Å². The topological polar surface area (TPSA) is 141 Å². The smallest absolute Gasteiger partial charge is 0.231 e. The van der Waals surface area contributed by atoms with E-state index in [1.165, 1.54) is 12.1 Å². The molecule has 0 spiro atoms. The zero-order chi connectivity index (χ0) is 27.2. The summed E-state index contributed by atoms with van der Waals surface area (Å²) in [6, 6.07) is 14.2. The molecule has 4 aromatic rings. The minimum Gasteiger partial charge on any atom is -0.489 e. The number of anilines is 1. The molecule has 2 atom stereocenters. The van der Waals surface area contributed by atoms with Crippen molar-refractivity contribution in [1.29, 1.82) is 0 Å². The summed E-state index contributed by atoms with van der Waals surface area (Å²) in [6.07, 6.45) is 1.68. The van der Waals surface area contributed by atoms with E-state index in [0.29, 0.717) is 39.3 Å². The molecule has 8 nitrogen and oxygen atoms in total. The number of nitrogens with two attached hydrogens (primary N) is 2. The number of aliphatic hydroxyl groups is 1. The van der Waals surface area contributed by atoms with E-state index in [4.69, 9.17) is 16.2 Å². The summed E-state index contributed by atoms with van der Waals surface area (Å²) in [5, 5.41) is 12.2. The molecular formula is C29H27FN4O4. The number of carbonyl (C=O) groups excluding carboxylic acids is 2. The summed E-state index contributed by atoms with van der Waals surface area (Å²) >= 11 is 0. The standard InChI is InChI=1S/C29H27FN4O4/c1-28(27(32)36)15-38-26-20(28)14-23(34-25(26)16-5-7-19(30)8-6-16)29(2,37)10-9-22(35)18-12-17-4-3-11-33-24(17)21(31)13-18/h3-8,11-14,37H,9-10,15,31H2,1-2H3,(H2,32,36)/t28-,29-/m0/s1. The van der Waals surface area contributed by atoms with E-state index in [-0.39, 0.29) is 30.9 Å². The number of Topliss-reactive ketones (excluding diaryl/α,β-unsaturated/α-hetero) is 1. The zero-order valence-corrected chi connectivity index (χ0v) is 21.0.